The van der Waals surface area contributed by atoms with Gasteiger partial charge in [-0.1, -0.05) is 17.7 Å². The highest BCUT2D eigenvalue weighted by Crippen LogP contribution is 2.24. The lowest BCUT2D eigenvalue weighted by Gasteiger charge is -2.07. The molecule has 1 heterocycles. The average Bonchev–Trinajstić information content (AvgIpc) is 2.76. The minimum atomic E-state index is 0.255. The molecule has 0 saturated heterocycles. The van der Waals surface area contributed by atoms with Crippen LogP contribution in [0.25, 0.3) is 11.0 Å². The number of anilines is 1. The molecule has 0 aliphatic rings. The van der Waals surface area contributed by atoms with Crippen molar-refractivity contribution < 1.29 is 5.11 Å². The second-order valence-electron chi connectivity index (χ2n) is 4.60. The van der Waals surface area contributed by atoms with Gasteiger partial charge in [0.1, 0.15) is 11.6 Å². The van der Waals surface area contributed by atoms with Crippen LogP contribution in [-0.2, 0) is 13.6 Å². The lowest BCUT2D eigenvalue weighted by Crippen LogP contribution is -2.05. The van der Waals surface area contributed by atoms with E-state index < -0.39 is 0 Å². The lowest BCUT2D eigenvalue weighted by molar-refractivity contribution is 0.475. The second kappa shape index (κ2) is 5.06. The SMILES string of the molecule is Cn1c(CNc2ccc(O)cc2)nc2cccc(Cl)c21. The first kappa shape index (κ1) is 12.8. The topological polar surface area (TPSA) is 50.1 Å². The van der Waals surface area contributed by atoms with Crippen LogP contribution in [0.4, 0.5) is 5.69 Å². The fourth-order valence-electron chi connectivity index (χ4n) is 2.19. The number of aromatic nitrogens is 2. The van der Waals surface area contributed by atoms with Gasteiger partial charge in [-0.05, 0) is 36.4 Å². The van der Waals surface area contributed by atoms with Crippen molar-refractivity contribution in [3.05, 3.63) is 53.3 Å². The zero-order chi connectivity index (χ0) is 14.1. The third kappa shape index (κ3) is 2.30. The molecule has 4 nitrogen and oxygen atoms in total. The quantitative estimate of drug-likeness (QED) is 0.724. The van der Waals surface area contributed by atoms with E-state index in [0.29, 0.717) is 11.6 Å². The van der Waals surface area contributed by atoms with Gasteiger partial charge in [-0.3, -0.25) is 0 Å². The molecule has 0 saturated carbocycles. The number of halogens is 1. The molecule has 0 fully saturated rings. The molecule has 0 atom stereocenters. The number of rotatable bonds is 3. The highest BCUT2D eigenvalue weighted by Gasteiger charge is 2.09. The Hall–Kier alpha value is -2.20. The van der Waals surface area contributed by atoms with Gasteiger partial charge in [0.05, 0.1) is 22.6 Å². The monoisotopic (exact) mass is 287 g/mol. The maximum absolute atomic E-state index is 9.25. The number of fused-ring (bicyclic) bond motifs is 1. The normalized spacial score (nSPS) is 10.9. The Kier molecular flexibility index (Phi) is 3.24. The molecular formula is C15H14ClN3O. The van der Waals surface area contributed by atoms with E-state index in [2.05, 4.69) is 10.3 Å². The summed E-state index contributed by atoms with van der Waals surface area (Å²) in [6.45, 7) is 0.590. The third-order valence-corrected chi connectivity index (χ3v) is 3.56. The van der Waals surface area contributed by atoms with Crippen LogP contribution in [0, 0.1) is 0 Å². The molecule has 1 aromatic heterocycles. The summed E-state index contributed by atoms with van der Waals surface area (Å²) in [5.74, 6) is 1.16. The van der Waals surface area contributed by atoms with Gasteiger partial charge < -0.3 is 15.0 Å². The van der Waals surface area contributed by atoms with Crippen molar-refractivity contribution in [3.8, 4) is 5.75 Å². The number of benzene rings is 2. The number of aromatic hydroxyl groups is 1. The maximum Gasteiger partial charge on any atom is 0.129 e. The van der Waals surface area contributed by atoms with E-state index in [9.17, 15) is 5.11 Å². The highest BCUT2D eigenvalue weighted by atomic mass is 35.5. The molecule has 0 spiro atoms. The first-order valence-corrected chi connectivity index (χ1v) is 6.65. The van der Waals surface area contributed by atoms with E-state index >= 15 is 0 Å². The highest BCUT2D eigenvalue weighted by molar-refractivity contribution is 6.35. The molecule has 5 heteroatoms. The zero-order valence-electron chi connectivity index (χ0n) is 11.0. The summed E-state index contributed by atoms with van der Waals surface area (Å²) in [4.78, 5) is 4.57. The molecule has 0 bridgehead atoms. The van der Waals surface area contributed by atoms with Crippen LogP contribution in [0.15, 0.2) is 42.5 Å². The molecule has 0 aliphatic heterocycles. The van der Waals surface area contributed by atoms with Crippen molar-refractivity contribution in [2.24, 2.45) is 7.05 Å². The van der Waals surface area contributed by atoms with Crippen molar-refractivity contribution in [1.82, 2.24) is 9.55 Å². The summed E-state index contributed by atoms with van der Waals surface area (Å²) < 4.78 is 1.99. The Bertz CT molecular complexity index is 750. The summed E-state index contributed by atoms with van der Waals surface area (Å²) in [5, 5.41) is 13.2. The smallest absolute Gasteiger partial charge is 0.129 e. The summed E-state index contributed by atoms with van der Waals surface area (Å²) in [6.07, 6.45) is 0. The summed E-state index contributed by atoms with van der Waals surface area (Å²) in [6, 6.07) is 12.7. The van der Waals surface area contributed by atoms with Gasteiger partial charge in [-0.25, -0.2) is 4.98 Å². The van der Waals surface area contributed by atoms with Crippen LogP contribution < -0.4 is 5.32 Å². The van der Waals surface area contributed by atoms with E-state index in [1.807, 2.05) is 41.9 Å². The van der Waals surface area contributed by atoms with Crippen molar-refractivity contribution in [1.29, 1.82) is 0 Å². The Balaban J connectivity index is 1.86. The Labute approximate surface area is 121 Å². The van der Waals surface area contributed by atoms with E-state index in [1.165, 1.54) is 0 Å². The van der Waals surface area contributed by atoms with Gasteiger partial charge in [-0.2, -0.15) is 0 Å². The van der Waals surface area contributed by atoms with Crippen molar-refractivity contribution in [2.45, 2.75) is 6.54 Å². The van der Waals surface area contributed by atoms with E-state index in [-0.39, 0.29) is 5.75 Å². The van der Waals surface area contributed by atoms with Gasteiger partial charge in [0.2, 0.25) is 0 Å². The number of phenolic OH excluding ortho intramolecular Hbond substituents is 1. The number of para-hydroxylation sites is 1. The molecular weight excluding hydrogens is 274 g/mol. The van der Waals surface area contributed by atoms with E-state index in [1.54, 1.807) is 12.1 Å². The number of nitrogens with one attached hydrogen (secondary N) is 1. The molecule has 3 aromatic rings. The number of aryl methyl sites for hydroxylation is 1. The van der Waals surface area contributed by atoms with Crippen LogP contribution >= 0.6 is 11.6 Å². The van der Waals surface area contributed by atoms with E-state index in [4.69, 9.17) is 11.6 Å². The van der Waals surface area contributed by atoms with Crippen LogP contribution in [0.2, 0.25) is 5.02 Å². The Morgan fingerprint density at radius 1 is 1.20 bits per heavy atom. The van der Waals surface area contributed by atoms with Gasteiger partial charge in [0.25, 0.3) is 0 Å². The maximum atomic E-state index is 9.25. The predicted octanol–water partition coefficient (Wildman–Crippen LogP) is 3.54. The molecule has 0 unspecified atom stereocenters. The van der Waals surface area contributed by atoms with Crippen molar-refractivity contribution >= 4 is 28.3 Å². The molecule has 20 heavy (non-hydrogen) atoms. The fraction of sp³-hybridized carbons (Fsp3) is 0.133. The predicted molar refractivity (Wildman–Crippen MR) is 81.2 cm³/mol. The molecule has 0 radical (unpaired) electrons. The minimum Gasteiger partial charge on any atom is -0.508 e. The first-order valence-electron chi connectivity index (χ1n) is 6.28. The number of hydrogen-bond acceptors (Lipinski definition) is 3. The molecule has 3 rings (SSSR count). The molecule has 2 aromatic carbocycles. The molecule has 0 aliphatic carbocycles. The number of phenols is 1. The number of hydrogen-bond donors (Lipinski definition) is 2. The third-order valence-electron chi connectivity index (χ3n) is 3.26. The lowest BCUT2D eigenvalue weighted by atomic mass is 10.3. The van der Waals surface area contributed by atoms with Crippen molar-refractivity contribution in [3.63, 3.8) is 0 Å². The van der Waals surface area contributed by atoms with Crippen LogP contribution in [0.1, 0.15) is 5.82 Å². The minimum absolute atomic E-state index is 0.255. The standard InChI is InChI=1S/C15H14ClN3O/c1-19-14(9-17-10-5-7-11(20)8-6-10)18-13-4-2-3-12(16)15(13)19/h2-8,17,20H,9H2,1H3. The largest absolute Gasteiger partial charge is 0.508 e. The fourth-order valence-corrected chi connectivity index (χ4v) is 2.48. The Morgan fingerprint density at radius 2 is 1.95 bits per heavy atom. The van der Waals surface area contributed by atoms with Crippen LogP contribution in [0.3, 0.4) is 0 Å². The van der Waals surface area contributed by atoms with Gasteiger partial charge in [0, 0.05) is 12.7 Å². The number of imidazole rings is 1. The average molecular weight is 288 g/mol. The summed E-state index contributed by atoms with van der Waals surface area (Å²) >= 11 is 6.20. The van der Waals surface area contributed by atoms with Crippen molar-refractivity contribution in [2.75, 3.05) is 5.32 Å². The molecule has 0 amide bonds. The van der Waals surface area contributed by atoms with Gasteiger partial charge >= 0.3 is 0 Å². The Morgan fingerprint density at radius 3 is 2.65 bits per heavy atom. The molecule has 102 valence electrons. The van der Waals surface area contributed by atoms with Crippen LogP contribution in [0.5, 0.6) is 5.75 Å². The first-order chi connectivity index (χ1) is 9.65. The summed E-state index contributed by atoms with van der Waals surface area (Å²) in [7, 11) is 1.95. The molecule has 2 N–H and O–H groups in total. The number of nitrogens with zero attached hydrogens (tertiary/aromatic N) is 2. The van der Waals surface area contributed by atoms with Gasteiger partial charge in [-0.15, -0.1) is 0 Å². The summed E-state index contributed by atoms with van der Waals surface area (Å²) in [5.41, 5.74) is 2.76. The van der Waals surface area contributed by atoms with Crippen LogP contribution in [-0.4, -0.2) is 14.7 Å². The zero-order valence-corrected chi connectivity index (χ0v) is 11.7. The van der Waals surface area contributed by atoms with Gasteiger partial charge in [0.15, 0.2) is 0 Å². The van der Waals surface area contributed by atoms with E-state index in [0.717, 1.165) is 22.5 Å². The second-order valence-corrected chi connectivity index (χ2v) is 5.00.